The third kappa shape index (κ3) is 5.10. The number of rotatable bonds is 5. The van der Waals surface area contributed by atoms with Gasteiger partial charge in [-0.25, -0.2) is 8.42 Å². The van der Waals surface area contributed by atoms with Gasteiger partial charge in [0.25, 0.3) is 15.9 Å². The topological polar surface area (TPSA) is 93.7 Å². The first-order valence-corrected chi connectivity index (χ1v) is 11.4. The van der Waals surface area contributed by atoms with Gasteiger partial charge in [-0.05, 0) is 60.7 Å². The Morgan fingerprint density at radius 2 is 1.48 bits per heavy atom. The molecule has 0 atom stereocenters. The highest BCUT2D eigenvalue weighted by molar-refractivity contribution is 7.92. The van der Waals surface area contributed by atoms with Crippen molar-refractivity contribution in [2.45, 2.75) is 11.3 Å². The van der Waals surface area contributed by atoms with E-state index in [2.05, 4.69) is 10.0 Å². The van der Waals surface area contributed by atoms with Gasteiger partial charge in [-0.1, -0.05) is 11.6 Å². The maximum absolute atomic E-state index is 12.8. The zero-order chi connectivity index (χ0) is 21.8. The van der Waals surface area contributed by atoms with Crippen LogP contribution in [-0.4, -0.2) is 27.5 Å². The molecule has 0 fully saturated rings. The van der Waals surface area contributed by atoms with E-state index in [0.29, 0.717) is 46.7 Å². The SMILES string of the molecule is O=C(Nc1ccc(NS(=O)(=O)c2ccc3c(c2)OCCCO3)cc1)c1ccc(Cl)cc1. The van der Waals surface area contributed by atoms with Gasteiger partial charge in [0.1, 0.15) is 0 Å². The second-order valence-corrected chi connectivity index (χ2v) is 8.92. The minimum Gasteiger partial charge on any atom is -0.490 e. The van der Waals surface area contributed by atoms with Gasteiger partial charge in [0.2, 0.25) is 0 Å². The fourth-order valence-electron chi connectivity index (χ4n) is 2.95. The monoisotopic (exact) mass is 458 g/mol. The zero-order valence-corrected chi connectivity index (χ0v) is 17.9. The standard InChI is InChI=1S/C22H19ClN2O5S/c23-16-4-2-15(3-5-16)22(26)24-17-6-8-18(9-7-17)25-31(27,28)19-10-11-20-21(14-19)30-13-1-12-29-20/h2-11,14,25H,1,12-13H2,(H,24,26). The summed E-state index contributed by atoms with van der Waals surface area (Å²) in [7, 11) is -3.83. The molecule has 7 nitrogen and oxygen atoms in total. The van der Waals surface area contributed by atoms with Crippen molar-refractivity contribution >= 4 is 38.9 Å². The van der Waals surface area contributed by atoms with Crippen molar-refractivity contribution < 1.29 is 22.7 Å². The fourth-order valence-corrected chi connectivity index (χ4v) is 4.15. The average molecular weight is 459 g/mol. The summed E-state index contributed by atoms with van der Waals surface area (Å²) in [5.41, 5.74) is 1.35. The molecule has 3 aromatic carbocycles. The Morgan fingerprint density at radius 1 is 0.839 bits per heavy atom. The molecule has 0 aliphatic carbocycles. The predicted octanol–water partition coefficient (Wildman–Crippen LogP) is 4.55. The number of fused-ring (bicyclic) bond motifs is 1. The maximum atomic E-state index is 12.8. The van der Waals surface area contributed by atoms with Crippen LogP contribution in [0, 0.1) is 0 Å². The van der Waals surface area contributed by atoms with E-state index in [9.17, 15) is 13.2 Å². The molecule has 1 aliphatic heterocycles. The molecule has 160 valence electrons. The summed E-state index contributed by atoms with van der Waals surface area (Å²) in [6.45, 7) is 0.991. The number of amides is 1. The van der Waals surface area contributed by atoms with Crippen LogP contribution < -0.4 is 19.5 Å². The van der Waals surface area contributed by atoms with Crippen LogP contribution in [0.4, 0.5) is 11.4 Å². The van der Waals surface area contributed by atoms with Crippen LogP contribution in [0.2, 0.25) is 5.02 Å². The van der Waals surface area contributed by atoms with Crippen LogP contribution in [0.1, 0.15) is 16.8 Å². The fraction of sp³-hybridized carbons (Fsp3) is 0.136. The molecule has 0 saturated carbocycles. The minimum atomic E-state index is -3.83. The molecule has 31 heavy (non-hydrogen) atoms. The van der Waals surface area contributed by atoms with Gasteiger partial charge in [0.05, 0.1) is 18.1 Å². The van der Waals surface area contributed by atoms with Gasteiger partial charge < -0.3 is 14.8 Å². The zero-order valence-electron chi connectivity index (χ0n) is 16.3. The summed E-state index contributed by atoms with van der Waals surface area (Å²) in [6.07, 6.45) is 0.732. The van der Waals surface area contributed by atoms with E-state index in [1.54, 1.807) is 54.6 Å². The highest BCUT2D eigenvalue weighted by Gasteiger charge is 2.19. The van der Waals surface area contributed by atoms with Crippen LogP contribution >= 0.6 is 11.6 Å². The van der Waals surface area contributed by atoms with Crippen molar-refractivity contribution in [1.82, 2.24) is 0 Å². The van der Waals surface area contributed by atoms with Crippen molar-refractivity contribution in [3.8, 4) is 11.5 Å². The number of nitrogens with one attached hydrogen (secondary N) is 2. The molecule has 0 spiro atoms. The lowest BCUT2D eigenvalue weighted by Gasteiger charge is -2.12. The minimum absolute atomic E-state index is 0.0665. The van der Waals surface area contributed by atoms with E-state index in [1.165, 1.54) is 12.1 Å². The second-order valence-electron chi connectivity index (χ2n) is 6.80. The third-order valence-electron chi connectivity index (χ3n) is 4.53. The Bertz CT molecular complexity index is 1200. The van der Waals surface area contributed by atoms with Gasteiger partial charge in [0, 0.05) is 34.4 Å². The Morgan fingerprint density at radius 3 is 2.19 bits per heavy atom. The number of hydrogen-bond donors (Lipinski definition) is 2. The Hall–Kier alpha value is -3.23. The van der Waals surface area contributed by atoms with Crippen molar-refractivity contribution in [1.29, 1.82) is 0 Å². The number of carbonyl (C=O) groups is 1. The van der Waals surface area contributed by atoms with Gasteiger partial charge in [-0.3, -0.25) is 9.52 Å². The smallest absolute Gasteiger partial charge is 0.262 e. The second kappa shape index (κ2) is 8.87. The molecule has 2 N–H and O–H groups in total. The van der Waals surface area contributed by atoms with E-state index in [-0.39, 0.29) is 10.8 Å². The Labute approximate surface area is 185 Å². The molecular weight excluding hydrogens is 440 g/mol. The van der Waals surface area contributed by atoms with Crippen molar-refractivity contribution in [2.75, 3.05) is 23.3 Å². The normalized spacial score (nSPS) is 13.2. The average Bonchev–Trinajstić information content (AvgIpc) is 3.00. The van der Waals surface area contributed by atoms with Crippen LogP contribution in [0.5, 0.6) is 11.5 Å². The lowest BCUT2D eigenvalue weighted by molar-refractivity contribution is 0.102. The lowest BCUT2D eigenvalue weighted by Crippen LogP contribution is -2.14. The van der Waals surface area contributed by atoms with Crippen LogP contribution in [0.25, 0.3) is 0 Å². The Balaban J connectivity index is 1.45. The van der Waals surface area contributed by atoms with E-state index in [0.717, 1.165) is 6.42 Å². The summed E-state index contributed by atoms with van der Waals surface area (Å²) in [6, 6.07) is 17.4. The maximum Gasteiger partial charge on any atom is 0.262 e. The summed E-state index contributed by atoms with van der Waals surface area (Å²) in [5, 5.41) is 3.29. The van der Waals surface area contributed by atoms with E-state index >= 15 is 0 Å². The number of halogens is 1. The largest absolute Gasteiger partial charge is 0.490 e. The first-order valence-electron chi connectivity index (χ1n) is 9.50. The number of ether oxygens (including phenoxy) is 2. The molecule has 1 heterocycles. The summed E-state index contributed by atoms with van der Waals surface area (Å²) < 4.78 is 39.1. The molecular formula is C22H19ClN2O5S. The van der Waals surface area contributed by atoms with E-state index in [4.69, 9.17) is 21.1 Å². The van der Waals surface area contributed by atoms with Crippen molar-refractivity contribution in [2.24, 2.45) is 0 Å². The molecule has 0 saturated heterocycles. The number of carbonyl (C=O) groups excluding carboxylic acids is 1. The first kappa shape index (κ1) is 21.0. The van der Waals surface area contributed by atoms with E-state index < -0.39 is 10.0 Å². The quantitative estimate of drug-likeness (QED) is 0.584. The summed E-state index contributed by atoms with van der Waals surface area (Å²) in [5.74, 6) is 0.634. The molecule has 0 bridgehead atoms. The third-order valence-corrected chi connectivity index (χ3v) is 6.16. The molecule has 0 radical (unpaired) electrons. The number of anilines is 2. The van der Waals surface area contributed by atoms with Crippen LogP contribution in [-0.2, 0) is 10.0 Å². The number of benzene rings is 3. The molecule has 1 amide bonds. The lowest BCUT2D eigenvalue weighted by atomic mass is 10.2. The first-order chi connectivity index (χ1) is 14.9. The van der Waals surface area contributed by atoms with Gasteiger partial charge in [0.15, 0.2) is 11.5 Å². The Kier molecular flexibility index (Phi) is 6.01. The van der Waals surface area contributed by atoms with Crippen LogP contribution in [0.3, 0.4) is 0 Å². The molecule has 4 rings (SSSR count). The molecule has 3 aromatic rings. The van der Waals surface area contributed by atoms with E-state index in [1.807, 2.05) is 0 Å². The van der Waals surface area contributed by atoms with Crippen molar-refractivity contribution in [3.63, 3.8) is 0 Å². The number of sulfonamides is 1. The number of hydrogen-bond acceptors (Lipinski definition) is 5. The molecule has 0 aromatic heterocycles. The highest BCUT2D eigenvalue weighted by atomic mass is 35.5. The summed E-state index contributed by atoms with van der Waals surface area (Å²) in [4.78, 5) is 12.3. The van der Waals surface area contributed by atoms with Crippen molar-refractivity contribution in [3.05, 3.63) is 77.3 Å². The molecule has 9 heteroatoms. The predicted molar refractivity (Wildman–Crippen MR) is 119 cm³/mol. The van der Waals surface area contributed by atoms with Gasteiger partial charge >= 0.3 is 0 Å². The van der Waals surface area contributed by atoms with Crippen LogP contribution in [0.15, 0.2) is 71.6 Å². The van der Waals surface area contributed by atoms with Gasteiger partial charge in [-0.15, -0.1) is 0 Å². The van der Waals surface area contributed by atoms with Gasteiger partial charge in [-0.2, -0.15) is 0 Å². The molecule has 0 unspecified atom stereocenters. The molecule has 1 aliphatic rings. The highest BCUT2D eigenvalue weighted by Crippen LogP contribution is 2.32. The summed E-state index contributed by atoms with van der Waals surface area (Å²) >= 11 is 5.83.